The first-order valence-corrected chi connectivity index (χ1v) is 36.0. The summed E-state index contributed by atoms with van der Waals surface area (Å²) in [5.74, 6) is -2.89. The van der Waals surface area contributed by atoms with E-state index in [9.17, 15) is 15.3 Å². The second-order valence-corrected chi connectivity index (χ2v) is 28.5. The SMILES string of the molecule is CCCCCCc1ccc(C2(c3ccc(CCCCCC)cc3)c3cc4c(cc3-c3sc(/C=C5\C(=O)c6cc(F)c(F)cc6C5=C(C#N)C#N)cc32)C(c2ccc(CCCCCC)cc2)(c2ccc(CCCCCC)cc2)c2cc(-c3ccc(N(C)C)cc3)sc2-4)cc1. The van der Waals surface area contributed by atoms with Gasteiger partial charge in [-0.25, -0.2) is 8.78 Å². The van der Waals surface area contributed by atoms with Crippen molar-refractivity contribution in [2.45, 2.75) is 167 Å². The highest BCUT2D eigenvalue weighted by atomic mass is 32.1. The number of carbonyl (C=O) groups is 1. The summed E-state index contributed by atoms with van der Waals surface area (Å²) in [6, 6.07) is 62.5. The van der Waals surface area contributed by atoms with Crippen molar-refractivity contribution in [3.63, 3.8) is 0 Å². The lowest BCUT2D eigenvalue weighted by Gasteiger charge is -2.35. The van der Waals surface area contributed by atoms with Crippen molar-refractivity contribution in [3.8, 4) is 43.5 Å². The minimum absolute atomic E-state index is 0.0175. The van der Waals surface area contributed by atoms with E-state index in [1.165, 1.54) is 148 Å². The molecule has 0 saturated carbocycles. The lowest BCUT2D eigenvalue weighted by Crippen LogP contribution is -2.30. The highest BCUT2D eigenvalue weighted by molar-refractivity contribution is 7.19. The standard InChI is InChI=1S/C85H85F2N3OS2/c1-7-11-15-19-23-56-27-37-62(38-28-56)84(63-39-29-57(30-40-63)24-20-16-12-8-2)73-50-71-74(49-70(73)82-75(84)48-67(92-82)47-72-80(61(54-88)55-89)68-51-77(86)78(87)52-69(68)81(72)91)85(64-41-31-58(32-42-64)25-21-17-13-9-3,65-43-33-59(34-44-65)26-22-18-14-10-4)76-53-79(93-83(71)76)60-35-45-66(46-36-60)90(5)6/h27-53H,7-26H2,1-6H3/b72-47-. The van der Waals surface area contributed by atoms with Gasteiger partial charge in [0, 0.05) is 56.0 Å². The van der Waals surface area contributed by atoms with Crippen LogP contribution in [0, 0.1) is 34.3 Å². The van der Waals surface area contributed by atoms with Gasteiger partial charge >= 0.3 is 0 Å². The molecule has 0 amide bonds. The molecule has 2 aromatic heterocycles. The summed E-state index contributed by atoms with van der Waals surface area (Å²) in [7, 11) is 4.18. The van der Waals surface area contributed by atoms with Crippen molar-refractivity contribution in [1.29, 1.82) is 10.5 Å². The van der Waals surface area contributed by atoms with Crippen LogP contribution in [0.1, 0.15) is 218 Å². The molecule has 0 aliphatic heterocycles. The molecule has 0 bridgehead atoms. The van der Waals surface area contributed by atoms with Crippen LogP contribution >= 0.6 is 22.7 Å². The molecule has 472 valence electrons. The van der Waals surface area contributed by atoms with Crippen LogP contribution in [-0.4, -0.2) is 19.9 Å². The number of carbonyl (C=O) groups excluding carboxylic acids is 1. The second-order valence-electron chi connectivity index (χ2n) is 26.3. The first-order valence-electron chi connectivity index (χ1n) is 34.4. The highest BCUT2D eigenvalue weighted by Crippen LogP contribution is 2.66. The average Bonchev–Trinajstić information content (AvgIpc) is 1.52. The number of fused-ring (bicyclic) bond motifs is 7. The van der Waals surface area contributed by atoms with E-state index in [4.69, 9.17) is 0 Å². The molecular weight excluding hydrogens is 1180 g/mol. The zero-order chi connectivity index (χ0) is 64.8. The van der Waals surface area contributed by atoms with E-state index in [0.717, 1.165) is 101 Å². The molecule has 0 fully saturated rings. The van der Waals surface area contributed by atoms with Crippen molar-refractivity contribution in [2.75, 3.05) is 19.0 Å². The Labute approximate surface area is 559 Å². The fraction of sp³-hybridized carbons (Fsp3) is 0.329. The van der Waals surface area contributed by atoms with Crippen LogP contribution < -0.4 is 4.90 Å². The van der Waals surface area contributed by atoms with E-state index in [1.807, 2.05) is 23.5 Å². The van der Waals surface area contributed by atoms with E-state index in [-0.39, 0.29) is 27.8 Å². The molecule has 3 aliphatic carbocycles. The molecule has 12 rings (SSSR count). The van der Waals surface area contributed by atoms with Gasteiger partial charge in [0.15, 0.2) is 17.4 Å². The highest BCUT2D eigenvalue weighted by Gasteiger charge is 2.53. The third-order valence-electron chi connectivity index (χ3n) is 20.1. The van der Waals surface area contributed by atoms with Crippen molar-refractivity contribution < 1.29 is 13.6 Å². The predicted octanol–water partition coefficient (Wildman–Crippen LogP) is 23.1. The van der Waals surface area contributed by atoms with Gasteiger partial charge in [0.2, 0.25) is 0 Å². The van der Waals surface area contributed by atoms with Crippen molar-refractivity contribution in [2.24, 2.45) is 0 Å². The van der Waals surface area contributed by atoms with Gasteiger partial charge in [0.25, 0.3) is 0 Å². The van der Waals surface area contributed by atoms with Crippen molar-refractivity contribution in [1.82, 2.24) is 0 Å². The Balaban J connectivity index is 1.15. The minimum Gasteiger partial charge on any atom is -0.378 e. The Morgan fingerprint density at radius 3 is 1.23 bits per heavy atom. The third kappa shape index (κ3) is 12.2. The van der Waals surface area contributed by atoms with Crippen LogP contribution in [0.5, 0.6) is 0 Å². The zero-order valence-electron chi connectivity index (χ0n) is 55.1. The molecule has 0 unspecified atom stereocenters. The van der Waals surface area contributed by atoms with Gasteiger partial charge in [0.1, 0.15) is 17.7 Å². The van der Waals surface area contributed by atoms with E-state index in [0.29, 0.717) is 0 Å². The molecule has 0 spiro atoms. The number of thiophene rings is 2. The summed E-state index contributed by atoms with van der Waals surface area (Å²) in [4.78, 5) is 21.1. The van der Waals surface area contributed by atoms with E-state index in [1.54, 1.807) is 17.4 Å². The zero-order valence-corrected chi connectivity index (χ0v) is 56.7. The Bertz CT molecular complexity index is 4210. The lowest BCUT2D eigenvalue weighted by atomic mass is 9.65. The Kier molecular flexibility index (Phi) is 19.9. The van der Waals surface area contributed by atoms with Crippen LogP contribution in [0.3, 0.4) is 0 Å². The van der Waals surface area contributed by atoms with Gasteiger partial charge in [-0.15, -0.1) is 22.7 Å². The largest absolute Gasteiger partial charge is 0.378 e. The van der Waals surface area contributed by atoms with Crippen molar-refractivity contribution >= 4 is 45.8 Å². The van der Waals surface area contributed by atoms with Crippen LogP contribution in [0.15, 0.2) is 169 Å². The summed E-state index contributed by atoms with van der Waals surface area (Å²) in [6.45, 7) is 9.04. The number of benzene rings is 7. The van der Waals surface area contributed by atoms with E-state index < -0.39 is 28.2 Å². The number of nitriles is 2. The number of allylic oxidation sites excluding steroid dienone is 3. The molecule has 0 atom stereocenters. The normalized spacial score (nSPS) is 14.2. The maximum Gasteiger partial charge on any atom is 0.194 e. The summed E-state index contributed by atoms with van der Waals surface area (Å²) in [5, 5.41) is 20.9. The van der Waals surface area contributed by atoms with Crippen LogP contribution in [0.25, 0.3) is 43.0 Å². The summed E-state index contributed by atoms with van der Waals surface area (Å²) in [5.41, 5.74) is 17.4. The molecule has 2 heterocycles. The maximum absolute atomic E-state index is 15.2. The van der Waals surface area contributed by atoms with Gasteiger partial charge in [0.05, 0.1) is 10.8 Å². The molecule has 3 aliphatic rings. The quantitative estimate of drug-likeness (QED) is 0.0292. The first-order chi connectivity index (χ1) is 45.4. The number of hydrogen-bond acceptors (Lipinski definition) is 6. The number of anilines is 1. The average molecular weight is 1270 g/mol. The minimum atomic E-state index is -1.17. The fourth-order valence-corrected chi connectivity index (χ4v) is 17.5. The van der Waals surface area contributed by atoms with Crippen molar-refractivity contribution in [3.05, 3.63) is 263 Å². The van der Waals surface area contributed by atoms with Crippen LogP contribution in [-0.2, 0) is 36.5 Å². The van der Waals surface area contributed by atoms with Gasteiger partial charge in [-0.3, -0.25) is 4.79 Å². The molecule has 7 aromatic carbocycles. The molecule has 0 N–H and O–H groups in total. The van der Waals surface area contributed by atoms with E-state index >= 15 is 8.78 Å². The van der Waals surface area contributed by atoms with Crippen LogP contribution in [0.4, 0.5) is 14.5 Å². The Hall–Kier alpha value is -8.27. The molecule has 0 radical (unpaired) electrons. The number of ketones is 1. The summed E-state index contributed by atoms with van der Waals surface area (Å²) >= 11 is 3.47. The second kappa shape index (κ2) is 28.5. The number of unbranched alkanes of at least 4 members (excludes halogenated alkanes) is 12. The number of aryl methyl sites for hydroxylation is 4. The number of rotatable bonds is 27. The first kappa shape index (κ1) is 64.8. The Morgan fingerprint density at radius 1 is 0.452 bits per heavy atom. The smallest absolute Gasteiger partial charge is 0.194 e. The molecule has 9 aromatic rings. The molecule has 93 heavy (non-hydrogen) atoms. The Morgan fingerprint density at radius 2 is 0.839 bits per heavy atom. The monoisotopic (exact) mass is 1270 g/mol. The number of halogens is 2. The van der Waals surface area contributed by atoms with Crippen LogP contribution in [0.2, 0.25) is 0 Å². The fourth-order valence-electron chi connectivity index (χ4n) is 15.1. The van der Waals surface area contributed by atoms with Gasteiger partial charge < -0.3 is 4.90 Å². The molecule has 0 saturated heterocycles. The summed E-state index contributed by atoms with van der Waals surface area (Å²) in [6.07, 6.45) is 24.7. The topological polar surface area (TPSA) is 67.9 Å². The number of Topliss-reactive ketones (excluding diaryl/α,β-unsaturated/α-hetero) is 1. The maximum atomic E-state index is 15.2. The van der Waals surface area contributed by atoms with Gasteiger partial charge in [-0.2, -0.15) is 10.5 Å². The molecule has 8 heteroatoms. The predicted molar refractivity (Wildman–Crippen MR) is 385 cm³/mol. The lowest BCUT2D eigenvalue weighted by molar-refractivity contribution is 0.104. The van der Waals surface area contributed by atoms with E-state index in [2.05, 4.69) is 192 Å². The molecular formula is C85H85F2N3OS2. The number of hydrogen-bond donors (Lipinski definition) is 0. The number of nitrogens with zero attached hydrogens (tertiary/aromatic N) is 3. The third-order valence-corrected chi connectivity index (χ3v) is 22.4. The van der Waals surface area contributed by atoms with Gasteiger partial charge in [-0.1, -0.05) is 214 Å². The molecule has 4 nitrogen and oxygen atoms in total. The van der Waals surface area contributed by atoms with Gasteiger partial charge in [-0.05, 0) is 195 Å². The summed E-state index contributed by atoms with van der Waals surface area (Å²) < 4.78 is 30.4.